The molecule has 4 aromatic heterocycles. The van der Waals surface area contributed by atoms with Gasteiger partial charge in [-0.05, 0) is 6.07 Å². The van der Waals surface area contributed by atoms with Crippen molar-refractivity contribution in [2.24, 2.45) is 19.1 Å². The number of halogens is 5. The fourth-order valence-corrected chi connectivity index (χ4v) is 4.26. The van der Waals surface area contributed by atoms with Gasteiger partial charge in [0.1, 0.15) is 21.9 Å². The molecule has 0 amide bonds. The van der Waals surface area contributed by atoms with Crippen LogP contribution in [0.3, 0.4) is 0 Å². The van der Waals surface area contributed by atoms with Crippen LogP contribution in [0, 0.1) is 5.41 Å². The van der Waals surface area contributed by atoms with Gasteiger partial charge in [-0.25, -0.2) is 9.98 Å². The van der Waals surface area contributed by atoms with Crippen LogP contribution < -0.4 is 20.9 Å². The van der Waals surface area contributed by atoms with Crippen molar-refractivity contribution in [2.75, 3.05) is 5.32 Å². The molecule has 0 atom stereocenters. The number of anilines is 2. The molecule has 0 aliphatic carbocycles. The highest BCUT2D eigenvalue weighted by molar-refractivity contribution is 6.69. The standard InChI is InChI=1S/C23H17Cl2F3N10O2/c1-36-10-12(7-33-36)38-9-11(23(26,27)28)5-13(21(38)39)34-22-35-20-18(37(22)2)16(24)15(8-32-20)40-14(6-29)17-19(25)31-4-3-30-17/h3-10,29-30H,1-2H3,(H,32,34,35)/b17-14+,29-6?. The van der Waals surface area contributed by atoms with E-state index in [2.05, 4.69) is 30.7 Å². The van der Waals surface area contributed by atoms with Gasteiger partial charge >= 0.3 is 6.18 Å². The monoisotopic (exact) mass is 592 g/mol. The SMILES string of the molecule is Cn1cc(-n2cc(C(F)(F)F)cc(Nc3nc4ncc(O/C(C=N)=C5/NC=CN=C5Cl)c(Cl)c4n3C)c2=O)cn1. The van der Waals surface area contributed by atoms with E-state index in [-0.39, 0.29) is 50.2 Å². The summed E-state index contributed by atoms with van der Waals surface area (Å²) in [6, 6.07) is 0.692. The summed E-state index contributed by atoms with van der Waals surface area (Å²) in [6.07, 6.45) is 3.70. The Bertz CT molecular complexity index is 1820. The number of rotatable bonds is 6. The molecule has 1 aliphatic heterocycles. The van der Waals surface area contributed by atoms with Crippen molar-refractivity contribution in [2.45, 2.75) is 6.18 Å². The maximum atomic E-state index is 13.7. The zero-order chi connectivity index (χ0) is 28.8. The van der Waals surface area contributed by atoms with Crippen LogP contribution in [0.15, 0.2) is 64.5 Å². The number of allylic oxidation sites excluding steroid dienone is 2. The van der Waals surface area contributed by atoms with Gasteiger partial charge in [-0.15, -0.1) is 0 Å². The van der Waals surface area contributed by atoms with Gasteiger partial charge in [0.2, 0.25) is 5.95 Å². The smallest absolute Gasteiger partial charge is 0.417 e. The zero-order valence-corrected chi connectivity index (χ0v) is 22.0. The molecule has 5 heterocycles. The summed E-state index contributed by atoms with van der Waals surface area (Å²) in [5, 5.41) is 17.2. The second kappa shape index (κ2) is 10.2. The molecule has 0 fully saturated rings. The van der Waals surface area contributed by atoms with Crippen LogP contribution in [0.5, 0.6) is 5.75 Å². The summed E-state index contributed by atoms with van der Waals surface area (Å²) in [4.78, 5) is 25.6. The van der Waals surface area contributed by atoms with Crippen molar-refractivity contribution < 1.29 is 17.9 Å². The van der Waals surface area contributed by atoms with Crippen LogP contribution in [0.2, 0.25) is 5.02 Å². The summed E-state index contributed by atoms with van der Waals surface area (Å²) in [5.74, 6) is 0.00530. The molecule has 1 aliphatic rings. The lowest BCUT2D eigenvalue weighted by molar-refractivity contribution is -0.137. The molecule has 0 aromatic carbocycles. The van der Waals surface area contributed by atoms with Crippen LogP contribution in [0.1, 0.15) is 5.56 Å². The maximum Gasteiger partial charge on any atom is 0.417 e. The second-order valence-electron chi connectivity index (χ2n) is 8.28. The highest BCUT2D eigenvalue weighted by atomic mass is 35.5. The van der Waals surface area contributed by atoms with Crippen molar-refractivity contribution in [1.82, 2.24) is 34.2 Å². The van der Waals surface area contributed by atoms with E-state index in [1.54, 1.807) is 7.05 Å². The van der Waals surface area contributed by atoms with Crippen LogP contribution >= 0.6 is 23.2 Å². The van der Waals surface area contributed by atoms with Crippen LogP contribution in [-0.2, 0) is 20.3 Å². The molecule has 12 nitrogen and oxygen atoms in total. The summed E-state index contributed by atoms with van der Waals surface area (Å²) < 4.78 is 50.5. The number of hydrogen-bond acceptors (Lipinski definition) is 9. The first-order chi connectivity index (χ1) is 19.0. The fourth-order valence-electron chi connectivity index (χ4n) is 3.76. The predicted octanol–water partition coefficient (Wildman–Crippen LogP) is 4.22. The van der Waals surface area contributed by atoms with Crippen LogP contribution in [0.25, 0.3) is 16.9 Å². The van der Waals surface area contributed by atoms with E-state index in [9.17, 15) is 18.0 Å². The van der Waals surface area contributed by atoms with E-state index in [1.165, 1.54) is 47.3 Å². The number of aryl methyl sites for hydroxylation is 2. The normalized spacial score (nSPS) is 14.6. The third-order valence-corrected chi connectivity index (χ3v) is 6.31. The lowest BCUT2D eigenvalue weighted by Gasteiger charge is -2.15. The quantitative estimate of drug-likeness (QED) is 0.225. The number of fused-ring (bicyclic) bond motifs is 1. The topological polar surface area (TPSA) is 140 Å². The highest BCUT2D eigenvalue weighted by Gasteiger charge is 2.33. The number of hydrogen-bond donors (Lipinski definition) is 3. The molecule has 17 heteroatoms. The van der Waals surface area contributed by atoms with Crippen molar-refractivity contribution in [3.8, 4) is 11.4 Å². The Kier molecular flexibility index (Phi) is 6.85. The first kappa shape index (κ1) is 27.0. The Morgan fingerprint density at radius 3 is 2.65 bits per heavy atom. The fraction of sp³-hybridized carbons (Fsp3) is 0.130. The average molecular weight is 593 g/mol. The lowest BCUT2D eigenvalue weighted by atomic mass is 10.2. The van der Waals surface area contributed by atoms with Crippen LogP contribution in [0.4, 0.5) is 24.8 Å². The Morgan fingerprint density at radius 2 is 2.00 bits per heavy atom. The summed E-state index contributed by atoms with van der Waals surface area (Å²) in [6.45, 7) is 0. The largest absolute Gasteiger partial charge is 0.450 e. The Balaban J connectivity index is 1.56. The summed E-state index contributed by atoms with van der Waals surface area (Å²) in [7, 11) is 3.09. The van der Waals surface area contributed by atoms with E-state index in [1.807, 2.05) is 0 Å². The molecule has 0 unspecified atom stereocenters. The Hall–Kier alpha value is -4.63. The number of pyridine rings is 2. The van der Waals surface area contributed by atoms with Crippen molar-refractivity contribution in [3.63, 3.8) is 0 Å². The molecule has 0 radical (unpaired) electrons. The summed E-state index contributed by atoms with van der Waals surface area (Å²) >= 11 is 12.7. The molecule has 0 bridgehead atoms. The molecule has 0 spiro atoms. The Morgan fingerprint density at radius 1 is 1.23 bits per heavy atom. The van der Waals surface area contributed by atoms with E-state index >= 15 is 0 Å². The number of alkyl halides is 3. The third kappa shape index (κ3) is 4.91. The van der Waals surface area contributed by atoms with Crippen molar-refractivity contribution >= 4 is 57.4 Å². The molecule has 0 saturated carbocycles. The lowest BCUT2D eigenvalue weighted by Crippen LogP contribution is -2.24. The number of aromatic nitrogens is 6. The van der Waals surface area contributed by atoms with Crippen LogP contribution in [-0.4, -0.2) is 40.3 Å². The molecule has 206 valence electrons. The van der Waals surface area contributed by atoms with E-state index < -0.39 is 23.0 Å². The Labute approximate surface area is 232 Å². The molecule has 0 saturated heterocycles. The zero-order valence-electron chi connectivity index (χ0n) is 20.5. The average Bonchev–Trinajstić information content (AvgIpc) is 3.48. The van der Waals surface area contributed by atoms with Gasteiger partial charge in [-0.2, -0.15) is 23.3 Å². The van der Waals surface area contributed by atoms with E-state index in [4.69, 9.17) is 33.3 Å². The molecule has 3 N–H and O–H groups in total. The van der Waals surface area contributed by atoms with E-state index in [0.29, 0.717) is 12.3 Å². The van der Waals surface area contributed by atoms with Gasteiger partial charge in [-0.1, -0.05) is 23.2 Å². The molecular weight excluding hydrogens is 576 g/mol. The van der Waals surface area contributed by atoms with Gasteiger partial charge in [0.25, 0.3) is 5.56 Å². The van der Waals surface area contributed by atoms with Crippen molar-refractivity contribution in [3.05, 3.63) is 75.6 Å². The molecule has 40 heavy (non-hydrogen) atoms. The number of imidazole rings is 1. The first-order valence-electron chi connectivity index (χ1n) is 11.2. The van der Waals surface area contributed by atoms with Gasteiger partial charge in [0.05, 0.1) is 29.9 Å². The van der Waals surface area contributed by atoms with Gasteiger partial charge < -0.3 is 25.3 Å². The second-order valence-corrected chi connectivity index (χ2v) is 9.02. The third-order valence-electron chi connectivity index (χ3n) is 5.66. The number of aliphatic imine (C=N–C) groups is 1. The molecule has 4 aromatic rings. The number of nitrogens with zero attached hydrogens (tertiary/aromatic N) is 7. The highest BCUT2D eigenvalue weighted by Crippen LogP contribution is 2.35. The number of ether oxygens (including phenoxy) is 1. The van der Waals surface area contributed by atoms with Gasteiger partial charge in [0.15, 0.2) is 22.3 Å². The minimum Gasteiger partial charge on any atom is -0.450 e. The van der Waals surface area contributed by atoms with Gasteiger partial charge in [-0.3, -0.25) is 14.0 Å². The number of nitrogens with one attached hydrogen (secondary N) is 3. The minimum absolute atomic E-state index is 0.0124. The first-order valence-corrected chi connectivity index (χ1v) is 11.9. The minimum atomic E-state index is -4.74. The maximum absolute atomic E-state index is 13.7. The summed E-state index contributed by atoms with van der Waals surface area (Å²) in [5.41, 5.74) is -1.52. The molecule has 5 rings (SSSR count). The van der Waals surface area contributed by atoms with E-state index in [0.717, 1.165) is 10.8 Å². The predicted molar refractivity (Wildman–Crippen MR) is 143 cm³/mol. The molecular formula is C23H17Cl2F3N10O2. The van der Waals surface area contributed by atoms with Gasteiger partial charge in [0, 0.05) is 38.9 Å². The van der Waals surface area contributed by atoms with Crippen molar-refractivity contribution in [1.29, 1.82) is 5.41 Å².